The first-order valence-corrected chi connectivity index (χ1v) is 7.64. The Morgan fingerprint density at radius 3 is 3.00 bits per heavy atom. The van der Waals surface area contributed by atoms with Crippen molar-refractivity contribution in [1.29, 1.82) is 0 Å². The Morgan fingerprint density at radius 2 is 2.32 bits per heavy atom. The second-order valence-corrected chi connectivity index (χ2v) is 6.07. The van der Waals surface area contributed by atoms with Crippen LogP contribution in [0.4, 0.5) is 0 Å². The average Bonchev–Trinajstić information content (AvgIpc) is 3.11. The summed E-state index contributed by atoms with van der Waals surface area (Å²) in [5.74, 6) is 0.886. The van der Waals surface area contributed by atoms with Gasteiger partial charge in [0.25, 0.3) is 0 Å². The van der Waals surface area contributed by atoms with Crippen LogP contribution in [0.1, 0.15) is 24.7 Å². The average molecular weight is 297 g/mol. The van der Waals surface area contributed by atoms with Crippen LogP contribution < -0.4 is 0 Å². The second kappa shape index (κ2) is 5.06. The van der Waals surface area contributed by atoms with Crippen molar-refractivity contribution in [2.75, 3.05) is 5.75 Å². The van der Waals surface area contributed by atoms with Crippen molar-refractivity contribution in [3.63, 3.8) is 0 Å². The largest absolute Gasteiger partial charge is 0.481 e. The Labute approximate surface area is 119 Å². The summed E-state index contributed by atoms with van der Waals surface area (Å²) < 4.78 is 2.24. The van der Waals surface area contributed by atoms with Crippen LogP contribution in [0.3, 0.4) is 0 Å². The van der Waals surface area contributed by atoms with Gasteiger partial charge in [-0.15, -0.1) is 11.8 Å². The first-order valence-electron chi connectivity index (χ1n) is 6.11. The van der Waals surface area contributed by atoms with Crippen LogP contribution in [-0.2, 0) is 10.5 Å². The molecule has 2 aromatic rings. The van der Waals surface area contributed by atoms with Gasteiger partial charge in [0.1, 0.15) is 5.82 Å². The Bertz CT molecular complexity index is 637. The number of fused-ring (bicyclic) bond motifs is 1. The SMILES string of the molecule is O=C(O)CSCc1nc2cc(Cl)ccc2n1C1CC1. The zero-order chi connectivity index (χ0) is 13.4. The molecule has 6 heteroatoms. The molecule has 0 atom stereocenters. The van der Waals surface area contributed by atoms with E-state index in [2.05, 4.69) is 9.55 Å². The fourth-order valence-corrected chi connectivity index (χ4v) is 3.02. The van der Waals surface area contributed by atoms with Gasteiger partial charge in [-0.25, -0.2) is 4.98 Å². The lowest BCUT2D eigenvalue weighted by atomic mass is 10.3. The number of hydrogen-bond donors (Lipinski definition) is 1. The van der Waals surface area contributed by atoms with E-state index >= 15 is 0 Å². The zero-order valence-corrected chi connectivity index (χ0v) is 11.7. The summed E-state index contributed by atoms with van der Waals surface area (Å²) in [5.41, 5.74) is 1.99. The van der Waals surface area contributed by atoms with Gasteiger partial charge in [0.15, 0.2) is 0 Å². The summed E-state index contributed by atoms with van der Waals surface area (Å²) in [5, 5.41) is 9.37. The van der Waals surface area contributed by atoms with Gasteiger partial charge in [0.2, 0.25) is 0 Å². The fraction of sp³-hybridized carbons (Fsp3) is 0.385. The molecule has 0 spiro atoms. The van der Waals surface area contributed by atoms with Crippen LogP contribution >= 0.6 is 23.4 Å². The van der Waals surface area contributed by atoms with Crippen molar-refractivity contribution in [2.45, 2.75) is 24.6 Å². The van der Waals surface area contributed by atoms with E-state index in [9.17, 15) is 4.79 Å². The van der Waals surface area contributed by atoms with Gasteiger partial charge in [0, 0.05) is 11.1 Å². The Morgan fingerprint density at radius 1 is 1.53 bits per heavy atom. The van der Waals surface area contributed by atoms with Gasteiger partial charge in [-0.1, -0.05) is 11.6 Å². The van der Waals surface area contributed by atoms with Crippen molar-refractivity contribution >= 4 is 40.4 Å². The summed E-state index contributed by atoms with van der Waals surface area (Å²) in [6.07, 6.45) is 2.34. The van der Waals surface area contributed by atoms with Gasteiger partial charge in [-0.2, -0.15) is 0 Å². The number of nitrogens with zero attached hydrogens (tertiary/aromatic N) is 2. The van der Waals surface area contributed by atoms with E-state index in [1.165, 1.54) is 24.6 Å². The number of thioether (sulfide) groups is 1. The van der Waals surface area contributed by atoms with Crippen molar-refractivity contribution in [1.82, 2.24) is 9.55 Å². The maximum atomic E-state index is 10.6. The minimum Gasteiger partial charge on any atom is -0.481 e. The van der Waals surface area contributed by atoms with Crippen LogP contribution in [0.5, 0.6) is 0 Å². The molecule has 0 bridgehead atoms. The van der Waals surface area contributed by atoms with Crippen LogP contribution in [0.2, 0.25) is 5.02 Å². The number of benzene rings is 1. The van der Waals surface area contributed by atoms with Crippen LogP contribution in [0.15, 0.2) is 18.2 Å². The maximum Gasteiger partial charge on any atom is 0.313 e. The molecule has 0 aliphatic heterocycles. The highest BCUT2D eigenvalue weighted by Crippen LogP contribution is 2.39. The molecule has 1 aromatic carbocycles. The first kappa shape index (κ1) is 12.8. The molecule has 3 rings (SSSR count). The third kappa shape index (κ3) is 2.72. The summed E-state index contributed by atoms with van der Waals surface area (Å²) in [4.78, 5) is 15.2. The number of carboxylic acids is 1. The zero-order valence-electron chi connectivity index (χ0n) is 10.2. The summed E-state index contributed by atoms with van der Waals surface area (Å²) in [6, 6.07) is 6.25. The number of carboxylic acid groups (broad SMARTS) is 1. The number of carbonyl (C=O) groups is 1. The van der Waals surface area contributed by atoms with Crippen molar-refractivity contribution in [2.24, 2.45) is 0 Å². The third-order valence-corrected chi connectivity index (χ3v) is 4.24. The van der Waals surface area contributed by atoms with Crippen molar-refractivity contribution < 1.29 is 9.90 Å². The number of imidazole rings is 1. The molecule has 1 aromatic heterocycles. The number of aliphatic carboxylic acids is 1. The Hall–Kier alpha value is -1.20. The van der Waals surface area contributed by atoms with Crippen molar-refractivity contribution in [3.05, 3.63) is 29.0 Å². The lowest BCUT2D eigenvalue weighted by Gasteiger charge is -2.06. The molecule has 1 fully saturated rings. The van der Waals surface area contributed by atoms with Crippen LogP contribution in [0.25, 0.3) is 11.0 Å². The van der Waals surface area contributed by atoms with E-state index in [0.29, 0.717) is 16.8 Å². The standard InChI is InChI=1S/C13H13ClN2O2S/c14-8-1-4-11-10(5-8)15-12(6-19-7-13(17)18)16(11)9-2-3-9/h1,4-5,9H,2-3,6-7H2,(H,17,18). The third-order valence-electron chi connectivity index (χ3n) is 3.09. The summed E-state index contributed by atoms with van der Waals surface area (Å²) in [7, 11) is 0. The van der Waals surface area contributed by atoms with E-state index in [1.807, 2.05) is 18.2 Å². The highest BCUT2D eigenvalue weighted by Gasteiger charge is 2.28. The lowest BCUT2D eigenvalue weighted by molar-refractivity contribution is -0.133. The van der Waals surface area contributed by atoms with E-state index in [-0.39, 0.29) is 5.75 Å². The van der Waals surface area contributed by atoms with E-state index < -0.39 is 5.97 Å². The molecule has 0 saturated heterocycles. The number of halogens is 1. The molecule has 19 heavy (non-hydrogen) atoms. The normalized spacial score (nSPS) is 15.0. The van der Waals surface area contributed by atoms with E-state index in [4.69, 9.17) is 16.7 Å². The van der Waals surface area contributed by atoms with Gasteiger partial charge in [-0.3, -0.25) is 4.79 Å². The molecule has 1 heterocycles. The molecule has 0 unspecified atom stereocenters. The molecular formula is C13H13ClN2O2S. The van der Waals surface area contributed by atoms with Crippen molar-refractivity contribution in [3.8, 4) is 0 Å². The Balaban J connectivity index is 1.93. The highest BCUT2D eigenvalue weighted by atomic mass is 35.5. The molecule has 100 valence electrons. The molecule has 0 radical (unpaired) electrons. The van der Waals surface area contributed by atoms with Gasteiger partial charge in [-0.05, 0) is 31.0 Å². The maximum absolute atomic E-state index is 10.6. The molecule has 0 amide bonds. The van der Waals surface area contributed by atoms with E-state index in [0.717, 1.165) is 16.9 Å². The van der Waals surface area contributed by atoms with Gasteiger partial charge >= 0.3 is 5.97 Å². The molecular weight excluding hydrogens is 284 g/mol. The second-order valence-electron chi connectivity index (χ2n) is 4.65. The molecule has 1 aliphatic carbocycles. The van der Waals surface area contributed by atoms with Gasteiger partial charge in [0.05, 0.1) is 22.5 Å². The van der Waals surface area contributed by atoms with Crippen LogP contribution in [-0.4, -0.2) is 26.4 Å². The number of rotatable bonds is 5. The fourth-order valence-electron chi connectivity index (χ4n) is 2.19. The van der Waals surface area contributed by atoms with E-state index in [1.54, 1.807) is 0 Å². The monoisotopic (exact) mass is 296 g/mol. The predicted octanol–water partition coefficient (Wildman–Crippen LogP) is 3.34. The highest BCUT2D eigenvalue weighted by molar-refractivity contribution is 7.99. The number of hydrogen-bond acceptors (Lipinski definition) is 3. The summed E-state index contributed by atoms with van der Waals surface area (Å²) in [6.45, 7) is 0. The first-order chi connectivity index (χ1) is 9.15. The summed E-state index contributed by atoms with van der Waals surface area (Å²) >= 11 is 7.37. The number of aromatic nitrogens is 2. The quantitative estimate of drug-likeness (QED) is 0.919. The topological polar surface area (TPSA) is 55.1 Å². The minimum absolute atomic E-state index is 0.106. The predicted molar refractivity (Wildman–Crippen MR) is 76.8 cm³/mol. The van der Waals surface area contributed by atoms with Gasteiger partial charge < -0.3 is 9.67 Å². The minimum atomic E-state index is -0.790. The molecule has 1 N–H and O–H groups in total. The molecule has 1 aliphatic rings. The lowest BCUT2D eigenvalue weighted by Crippen LogP contribution is -2.03. The Kier molecular flexibility index (Phi) is 3.41. The molecule has 1 saturated carbocycles. The molecule has 4 nitrogen and oxygen atoms in total. The van der Waals surface area contributed by atoms with Crippen LogP contribution in [0, 0.1) is 0 Å². The smallest absolute Gasteiger partial charge is 0.313 e.